The molecule has 0 bridgehead atoms. The van der Waals surface area contributed by atoms with E-state index >= 15 is 0 Å². The Morgan fingerprint density at radius 1 is 1.38 bits per heavy atom. The number of carbonyl (C=O) groups is 2. The summed E-state index contributed by atoms with van der Waals surface area (Å²) in [6.07, 6.45) is 1.38. The van der Waals surface area contributed by atoms with Crippen LogP contribution in [0.2, 0.25) is 0 Å². The Morgan fingerprint density at radius 3 is 2.70 bits per heavy atom. The molecule has 200 valence electrons. The van der Waals surface area contributed by atoms with Crippen LogP contribution in [0.5, 0.6) is 0 Å². The normalized spacial score (nSPS) is 21.4. The van der Waals surface area contributed by atoms with E-state index in [1.165, 1.54) is 11.6 Å². The summed E-state index contributed by atoms with van der Waals surface area (Å²) in [6.45, 7) is 1.76. The number of nitrogen functional groups attached to an aromatic ring is 1. The third-order valence-corrected chi connectivity index (χ3v) is 7.48. The lowest BCUT2D eigenvalue weighted by atomic mass is 9.98. The van der Waals surface area contributed by atoms with Gasteiger partial charge in [0, 0.05) is 24.4 Å². The first-order valence-corrected chi connectivity index (χ1v) is 13.1. The molecule has 2 amide bonds. The highest BCUT2D eigenvalue weighted by Crippen LogP contribution is 2.27. The first kappa shape index (κ1) is 26.3. The first-order chi connectivity index (χ1) is 17.5. The van der Waals surface area contributed by atoms with E-state index < -0.39 is 40.2 Å². The van der Waals surface area contributed by atoms with Crippen LogP contribution < -0.4 is 22.5 Å². The molecule has 2 fully saturated rings. The minimum Gasteiger partial charge on any atom is -0.375 e. The number of guanidine groups is 1. The van der Waals surface area contributed by atoms with Gasteiger partial charge in [0.25, 0.3) is 11.8 Å². The number of β-lactam (4-membered cyclic amide) rings is 1. The number of carbonyl (C=O) groups excluding carboxylic acids is 2. The average molecular weight is 557 g/mol. The molecule has 2 aromatic heterocycles. The van der Waals surface area contributed by atoms with Crippen LogP contribution in [0.1, 0.15) is 17.4 Å². The second-order valence-electron chi connectivity index (χ2n) is 8.36. The van der Waals surface area contributed by atoms with Crippen molar-refractivity contribution < 1.29 is 22.6 Å². The van der Waals surface area contributed by atoms with Gasteiger partial charge in [0.05, 0.1) is 25.0 Å². The highest BCUT2D eigenvalue weighted by Gasteiger charge is 2.54. The Hall–Kier alpha value is -3.75. The van der Waals surface area contributed by atoms with Gasteiger partial charge in [-0.05, 0) is 11.7 Å². The smallest absolute Gasteiger partial charge is 0.362 e. The van der Waals surface area contributed by atoms with Crippen LogP contribution >= 0.6 is 11.3 Å². The number of nitroso groups, excluding NO2 is 1. The summed E-state index contributed by atoms with van der Waals surface area (Å²) in [6, 6.07) is -4.33. The number of rotatable bonds is 10. The third-order valence-electron chi connectivity index (χ3n) is 5.84. The van der Waals surface area contributed by atoms with E-state index in [1.54, 1.807) is 0 Å². The van der Waals surface area contributed by atoms with Gasteiger partial charge in [-0.3, -0.25) is 14.1 Å². The summed E-state index contributed by atoms with van der Waals surface area (Å²) in [7, 11) is -4.96. The molecule has 37 heavy (non-hydrogen) atoms. The van der Waals surface area contributed by atoms with E-state index in [-0.39, 0.29) is 28.2 Å². The van der Waals surface area contributed by atoms with Crippen molar-refractivity contribution in [3.05, 3.63) is 27.9 Å². The van der Waals surface area contributed by atoms with Gasteiger partial charge in [0.15, 0.2) is 11.1 Å². The van der Waals surface area contributed by atoms with Gasteiger partial charge in [-0.1, -0.05) is 0 Å². The van der Waals surface area contributed by atoms with E-state index in [4.69, 9.17) is 17.2 Å². The molecule has 0 saturated carbocycles. The van der Waals surface area contributed by atoms with Crippen LogP contribution in [0.25, 0.3) is 0 Å². The lowest BCUT2D eigenvalue weighted by molar-refractivity contribution is -0.146. The molecular formula is C17H24N12O6S2. The Labute approximate surface area is 213 Å². The predicted octanol–water partition coefficient (Wildman–Crippen LogP) is -2.97. The lowest BCUT2D eigenvalue weighted by Gasteiger charge is -2.43. The van der Waals surface area contributed by atoms with Crippen molar-refractivity contribution in [2.75, 3.05) is 25.4 Å². The van der Waals surface area contributed by atoms with E-state index in [2.05, 4.69) is 30.7 Å². The molecule has 0 aromatic carbocycles. The van der Waals surface area contributed by atoms with Crippen LogP contribution in [0.4, 0.5) is 5.13 Å². The van der Waals surface area contributed by atoms with E-state index in [0.717, 1.165) is 16.1 Å². The highest BCUT2D eigenvalue weighted by atomic mass is 32.2. The van der Waals surface area contributed by atoms with Crippen LogP contribution in [-0.4, -0.2) is 91.6 Å². The van der Waals surface area contributed by atoms with Gasteiger partial charge in [-0.2, -0.15) is 23.4 Å². The fraction of sp³-hybridized carbons (Fsp3) is 0.529. The quantitative estimate of drug-likeness (QED) is 0.0643. The molecule has 4 rings (SSSR count). The summed E-state index contributed by atoms with van der Waals surface area (Å²) < 4.78 is 33.2. The Bertz CT molecular complexity index is 1320. The summed E-state index contributed by atoms with van der Waals surface area (Å²) in [5.41, 5.74) is 17.4. The molecule has 0 radical (unpaired) electrons. The zero-order valence-corrected chi connectivity index (χ0v) is 20.7. The van der Waals surface area contributed by atoms with Gasteiger partial charge in [-0.15, -0.1) is 16.2 Å². The topological polar surface area (TPSA) is 270 Å². The zero-order valence-electron chi connectivity index (χ0n) is 19.1. The van der Waals surface area contributed by atoms with Gasteiger partial charge >= 0.3 is 10.3 Å². The zero-order chi connectivity index (χ0) is 26.9. The molecule has 3 atom stereocenters. The Morgan fingerprint density at radius 2 is 2.11 bits per heavy atom. The number of nitrogens with zero attached hydrogens (tertiary/aromatic N) is 8. The van der Waals surface area contributed by atoms with Crippen LogP contribution in [0, 0.1) is 10.8 Å². The fourth-order valence-electron chi connectivity index (χ4n) is 3.86. The largest absolute Gasteiger partial charge is 0.375 e. The molecule has 18 nitrogen and oxygen atoms in total. The van der Waals surface area contributed by atoms with Crippen molar-refractivity contribution >= 4 is 44.5 Å². The molecule has 0 spiro atoms. The number of amides is 2. The van der Waals surface area contributed by atoms with Crippen molar-refractivity contribution in [1.29, 1.82) is 0 Å². The molecule has 3 unspecified atom stereocenters. The summed E-state index contributed by atoms with van der Waals surface area (Å²) in [5, 5.41) is 14.7. The molecule has 4 heterocycles. The van der Waals surface area contributed by atoms with E-state index in [9.17, 15) is 27.5 Å². The number of thiazole rings is 1. The second-order valence-corrected chi connectivity index (χ2v) is 10.5. The number of nitrogens with two attached hydrogens (primary N) is 3. The minimum absolute atomic E-state index is 0.0278. The van der Waals surface area contributed by atoms with Crippen molar-refractivity contribution in [3.63, 3.8) is 0 Å². The number of nitrogens with one attached hydrogen (secondary N) is 1. The summed E-state index contributed by atoms with van der Waals surface area (Å²) >= 11 is 0.981. The predicted molar refractivity (Wildman–Crippen MR) is 129 cm³/mol. The molecule has 20 heteroatoms. The van der Waals surface area contributed by atoms with Gasteiger partial charge in [-0.25, -0.2) is 14.3 Å². The molecule has 0 aliphatic carbocycles. The maximum atomic E-state index is 12.6. The van der Waals surface area contributed by atoms with Gasteiger partial charge < -0.3 is 27.4 Å². The number of hydrogen-bond donors (Lipinski definition) is 5. The fourth-order valence-corrected chi connectivity index (χ4v) is 5.32. The second kappa shape index (κ2) is 10.3. The van der Waals surface area contributed by atoms with Crippen LogP contribution in [0.3, 0.4) is 0 Å². The van der Waals surface area contributed by atoms with Crippen molar-refractivity contribution in [2.24, 2.45) is 27.6 Å². The highest BCUT2D eigenvalue weighted by molar-refractivity contribution is 7.84. The van der Waals surface area contributed by atoms with Crippen molar-refractivity contribution in [3.8, 4) is 0 Å². The van der Waals surface area contributed by atoms with E-state index in [0.29, 0.717) is 37.2 Å². The minimum atomic E-state index is -4.96. The number of likely N-dealkylation sites (tertiary alicyclic amines) is 1. The average Bonchev–Trinajstić information content (AvgIpc) is 3.43. The van der Waals surface area contributed by atoms with Crippen LogP contribution in [0.15, 0.2) is 21.7 Å². The molecule has 2 aliphatic heterocycles. The number of aromatic nitrogens is 4. The Balaban J connectivity index is 1.43. The lowest BCUT2D eigenvalue weighted by Crippen LogP contribution is -2.73. The van der Waals surface area contributed by atoms with Gasteiger partial charge in [0.2, 0.25) is 6.04 Å². The molecule has 2 aliphatic rings. The van der Waals surface area contributed by atoms with Crippen molar-refractivity contribution in [1.82, 2.24) is 34.5 Å². The maximum absolute atomic E-state index is 12.6. The standard InChI is InChI=1S/C17H24N12O6S2/c18-1-8-4-27(5-8)16(19)21-2-9-3-22-28(25-9)6-11-13(15(31)29(11)37(33,34)35)24-14(30)12(26-32)10-7-36-17(20)23-10/h3,7-8,11-13H,1-2,4-6,18H2,(H2,19,21)(H2,20,23)(H,24,30)(H,33,34,35). The molecule has 8 N–H and O–H groups in total. The molecule has 2 aromatic rings. The first-order valence-electron chi connectivity index (χ1n) is 10.8. The third kappa shape index (κ3) is 5.50. The monoisotopic (exact) mass is 556 g/mol. The Kier molecular flexibility index (Phi) is 7.34. The maximum Gasteiger partial charge on any atom is 0.362 e. The van der Waals surface area contributed by atoms with Gasteiger partial charge in [0.1, 0.15) is 17.8 Å². The molecular weight excluding hydrogens is 532 g/mol. The summed E-state index contributed by atoms with van der Waals surface area (Å²) in [4.78, 5) is 47.4. The number of anilines is 1. The van der Waals surface area contributed by atoms with Crippen LogP contribution in [-0.2, 0) is 33.0 Å². The number of aliphatic imine (C=N–C) groups is 1. The van der Waals surface area contributed by atoms with E-state index in [1.807, 2.05) is 4.90 Å². The van der Waals surface area contributed by atoms with Crippen molar-refractivity contribution in [2.45, 2.75) is 31.2 Å². The SMILES string of the molecule is NCC1CN(C(N)=NCc2cnn(CC3C(NC(=O)C(N=O)c4csc(N)n4)C(=O)N3S(=O)(=O)O)n2)C1. The number of hydrogen-bond acceptors (Lipinski definition) is 13. The summed E-state index contributed by atoms with van der Waals surface area (Å²) in [5.74, 6) is -1.42. The molecule has 2 saturated heterocycles.